The van der Waals surface area contributed by atoms with E-state index in [2.05, 4.69) is 32.6 Å². The monoisotopic (exact) mass is 278 g/mol. The Morgan fingerprint density at radius 3 is 2.26 bits per heavy atom. The molecule has 3 heteroatoms. The molecule has 2 nitrogen and oxygen atoms in total. The van der Waals surface area contributed by atoms with E-state index in [0.29, 0.717) is 5.92 Å². The lowest BCUT2D eigenvalue weighted by Gasteiger charge is -2.30. The van der Waals surface area contributed by atoms with Crippen LogP contribution in [-0.2, 0) is 6.42 Å². The summed E-state index contributed by atoms with van der Waals surface area (Å²) in [7, 11) is 2.10. The first kappa shape index (κ1) is 14.4. The van der Waals surface area contributed by atoms with Gasteiger partial charge in [0, 0.05) is 5.56 Å². The molecule has 1 aromatic carbocycles. The Balaban J connectivity index is 2.73. The van der Waals surface area contributed by atoms with E-state index >= 15 is 0 Å². The number of benzene rings is 1. The summed E-state index contributed by atoms with van der Waals surface area (Å²) in [6.45, 7) is 9.39. The second-order valence-corrected chi connectivity index (χ2v) is 11.6. The molecule has 0 N–H and O–H groups in total. The van der Waals surface area contributed by atoms with Crippen LogP contribution in [0.5, 0.6) is 11.5 Å². The number of methoxy groups -OCH3 is 2. The van der Waals surface area contributed by atoms with E-state index in [9.17, 15) is 0 Å². The summed E-state index contributed by atoms with van der Waals surface area (Å²) in [5, 5.41) is 1.39. The average Bonchev–Trinajstić information content (AvgIpc) is 2.35. The van der Waals surface area contributed by atoms with Gasteiger partial charge in [-0.05, 0) is 35.9 Å². The number of rotatable bonds is 3. The molecule has 1 aliphatic rings. The van der Waals surface area contributed by atoms with Crippen molar-refractivity contribution in [1.82, 2.24) is 0 Å². The molecule has 0 spiro atoms. The lowest BCUT2D eigenvalue weighted by Crippen LogP contribution is -2.39. The highest BCUT2D eigenvalue weighted by Crippen LogP contribution is 2.42. The van der Waals surface area contributed by atoms with Gasteiger partial charge in [0.15, 0.2) is 11.5 Å². The normalized spacial score (nSPS) is 18.9. The zero-order valence-electron chi connectivity index (χ0n) is 13.1. The highest BCUT2D eigenvalue weighted by atomic mass is 28.3. The van der Waals surface area contributed by atoms with E-state index in [1.54, 1.807) is 14.2 Å². The third kappa shape index (κ3) is 2.53. The highest BCUT2D eigenvalue weighted by molar-refractivity contribution is 6.89. The fourth-order valence-electron chi connectivity index (χ4n) is 3.16. The van der Waals surface area contributed by atoms with Gasteiger partial charge in [-0.15, -0.1) is 0 Å². The Morgan fingerprint density at radius 1 is 1.11 bits per heavy atom. The van der Waals surface area contributed by atoms with Crippen molar-refractivity contribution in [3.63, 3.8) is 0 Å². The lowest BCUT2D eigenvalue weighted by molar-refractivity contribution is 0.348. The van der Waals surface area contributed by atoms with Crippen LogP contribution < -0.4 is 14.7 Å². The van der Waals surface area contributed by atoms with Crippen molar-refractivity contribution in [2.45, 2.75) is 51.7 Å². The van der Waals surface area contributed by atoms with E-state index in [1.165, 1.54) is 35.6 Å². The maximum atomic E-state index is 5.74. The van der Waals surface area contributed by atoms with Crippen molar-refractivity contribution in [2.24, 2.45) is 0 Å². The van der Waals surface area contributed by atoms with E-state index in [-0.39, 0.29) is 0 Å². The summed E-state index contributed by atoms with van der Waals surface area (Å²) in [5.74, 6) is 2.54. The minimum atomic E-state index is -1.43. The van der Waals surface area contributed by atoms with Crippen molar-refractivity contribution in [3.05, 3.63) is 17.2 Å². The molecule has 1 atom stereocenters. The smallest absolute Gasteiger partial charge is 0.164 e. The van der Waals surface area contributed by atoms with Crippen LogP contribution >= 0.6 is 0 Å². The summed E-state index contributed by atoms with van der Waals surface area (Å²) in [6.07, 6.45) is 3.71. The summed E-state index contributed by atoms with van der Waals surface area (Å²) in [6, 6.07) is 2.40. The number of fused-ring (bicyclic) bond motifs is 1. The maximum absolute atomic E-state index is 5.74. The van der Waals surface area contributed by atoms with Gasteiger partial charge in [0.1, 0.15) is 0 Å². The molecule has 1 unspecified atom stereocenters. The Bertz CT molecular complexity index is 475. The standard InChI is InChI=1S/C16H26O2Si/c1-11-8-7-9-12-10-13(19(4,5)6)15(17-2)16(18-3)14(11)12/h10-11H,7-9H2,1-6H3. The molecule has 0 bridgehead atoms. The van der Waals surface area contributed by atoms with Crippen LogP contribution in [0, 0.1) is 0 Å². The minimum Gasteiger partial charge on any atom is -0.493 e. The summed E-state index contributed by atoms with van der Waals surface area (Å²) in [4.78, 5) is 0. The molecule has 0 fully saturated rings. The van der Waals surface area contributed by atoms with Crippen molar-refractivity contribution < 1.29 is 9.47 Å². The molecule has 0 saturated heterocycles. The van der Waals surface area contributed by atoms with Gasteiger partial charge in [0.2, 0.25) is 0 Å². The molecule has 19 heavy (non-hydrogen) atoms. The summed E-state index contributed by atoms with van der Waals surface area (Å²) < 4.78 is 11.5. The van der Waals surface area contributed by atoms with Crippen molar-refractivity contribution in [1.29, 1.82) is 0 Å². The van der Waals surface area contributed by atoms with Gasteiger partial charge in [-0.1, -0.05) is 32.6 Å². The molecule has 0 aliphatic heterocycles. The number of hydrogen-bond acceptors (Lipinski definition) is 2. The van der Waals surface area contributed by atoms with Crippen LogP contribution in [0.1, 0.15) is 36.8 Å². The van der Waals surface area contributed by atoms with Crippen LogP contribution in [0.15, 0.2) is 6.07 Å². The van der Waals surface area contributed by atoms with Crippen LogP contribution in [0.3, 0.4) is 0 Å². The quantitative estimate of drug-likeness (QED) is 0.785. The van der Waals surface area contributed by atoms with E-state index < -0.39 is 8.07 Å². The SMILES string of the molecule is COc1c([Si](C)(C)C)cc2c(c1OC)C(C)CCC2. The molecule has 2 rings (SSSR count). The van der Waals surface area contributed by atoms with Crippen LogP contribution in [-0.4, -0.2) is 22.3 Å². The van der Waals surface area contributed by atoms with E-state index in [0.717, 1.165) is 11.5 Å². The zero-order valence-corrected chi connectivity index (χ0v) is 14.1. The van der Waals surface area contributed by atoms with Crippen molar-refractivity contribution >= 4 is 13.3 Å². The lowest BCUT2D eigenvalue weighted by atomic mass is 9.83. The average molecular weight is 278 g/mol. The second-order valence-electron chi connectivity index (χ2n) is 6.61. The maximum Gasteiger partial charge on any atom is 0.164 e. The van der Waals surface area contributed by atoms with Crippen molar-refractivity contribution in [3.8, 4) is 11.5 Å². The van der Waals surface area contributed by atoms with Gasteiger partial charge in [-0.25, -0.2) is 0 Å². The molecule has 0 radical (unpaired) electrons. The minimum absolute atomic E-state index is 0.572. The van der Waals surface area contributed by atoms with E-state index in [4.69, 9.17) is 9.47 Å². The van der Waals surface area contributed by atoms with Gasteiger partial charge >= 0.3 is 0 Å². The van der Waals surface area contributed by atoms with Gasteiger partial charge < -0.3 is 9.47 Å². The first-order chi connectivity index (χ1) is 8.90. The van der Waals surface area contributed by atoms with E-state index in [1.807, 2.05) is 0 Å². The Hall–Kier alpha value is -0.963. The first-order valence-corrected chi connectivity index (χ1v) is 10.7. The molecule has 106 valence electrons. The van der Waals surface area contributed by atoms with Gasteiger partial charge in [0.25, 0.3) is 0 Å². The first-order valence-electron chi connectivity index (χ1n) is 7.18. The topological polar surface area (TPSA) is 18.5 Å². The van der Waals surface area contributed by atoms with Crippen LogP contribution in [0.25, 0.3) is 0 Å². The Labute approximate surface area is 118 Å². The highest BCUT2D eigenvalue weighted by Gasteiger charge is 2.30. The molecule has 0 aromatic heterocycles. The second kappa shape index (κ2) is 5.20. The Kier molecular flexibility index (Phi) is 3.95. The number of hydrogen-bond donors (Lipinski definition) is 0. The zero-order chi connectivity index (χ0) is 14.2. The van der Waals surface area contributed by atoms with Gasteiger partial charge in [0.05, 0.1) is 22.3 Å². The number of ether oxygens (including phenoxy) is 2. The number of aryl methyl sites for hydroxylation is 1. The molecule has 0 saturated carbocycles. The summed E-state index contributed by atoms with van der Waals surface area (Å²) >= 11 is 0. The largest absolute Gasteiger partial charge is 0.493 e. The fourth-order valence-corrected chi connectivity index (χ4v) is 4.66. The van der Waals surface area contributed by atoms with Gasteiger partial charge in [-0.2, -0.15) is 0 Å². The van der Waals surface area contributed by atoms with Crippen LogP contribution in [0.4, 0.5) is 0 Å². The van der Waals surface area contributed by atoms with Crippen molar-refractivity contribution in [2.75, 3.05) is 14.2 Å². The molecule has 1 aliphatic carbocycles. The predicted molar refractivity (Wildman–Crippen MR) is 83.9 cm³/mol. The molecule has 0 heterocycles. The third-order valence-corrected chi connectivity index (χ3v) is 6.14. The summed E-state index contributed by atoms with van der Waals surface area (Å²) in [5.41, 5.74) is 2.86. The molecular formula is C16H26O2Si. The molecule has 0 amide bonds. The molecule has 1 aromatic rings. The molecular weight excluding hydrogens is 252 g/mol. The van der Waals surface area contributed by atoms with Gasteiger partial charge in [-0.3, -0.25) is 0 Å². The predicted octanol–water partition coefficient (Wildman–Crippen LogP) is 3.69. The fraction of sp³-hybridized carbons (Fsp3) is 0.625. The third-order valence-electron chi connectivity index (χ3n) is 4.15. The van der Waals surface area contributed by atoms with Crippen LogP contribution in [0.2, 0.25) is 19.6 Å². The Morgan fingerprint density at radius 2 is 1.74 bits per heavy atom.